The Morgan fingerprint density at radius 3 is 2.38 bits per heavy atom. The summed E-state index contributed by atoms with van der Waals surface area (Å²) >= 11 is 0. The third-order valence-corrected chi connectivity index (χ3v) is 4.52. The molecule has 24 heavy (non-hydrogen) atoms. The van der Waals surface area contributed by atoms with Gasteiger partial charge in [0, 0.05) is 13.0 Å². The molecule has 1 fully saturated rings. The zero-order valence-electron chi connectivity index (χ0n) is 13.3. The van der Waals surface area contributed by atoms with E-state index < -0.39 is 17.8 Å². The van der Waals surface area contributed by atoms with Crippen molar-refractivity contribution in [2.45, 2.75) is 24.7 Å². The average Bonchev–Trinajstić information content (AvgIpc) is 2.62. The van der Waals surface area contributed by atoms with Crippen LogP contribution in [0.2, 0.25) is 0 Å². The summed E-state index contributed by atoms with van der Waals surface area (Å²) in [6.07, 6.45) is -1.30. The number of likely N-dealkylation sites (tertiary alicyclic amines) is 1. The maximum atomic E-state index is 11.3. The second kappa shape index (κ2) is 7.03. The van der Waals surface area contributed by atoms with Gasteiger partial charge >= 0.3 is 6.09 Å². The summed E-state index contributed by atoms with van der Waals surface area (Å²) in [6.45, 7) is 0.758. The Bertz CT molecular complexity index is 676. The average molecular weight is 327 g/mol. The molecule has 1 amide bonds. The molecule has 0 aromatic heterocycles. The SMILES string of the molecule is O=C(O)N1CC[C@](O)(c2ccccc2)[C@@H](OCc2ccccc2)C1. The van der Waals surface area contributed by atoms with E-state index in [9.17, 15) is 15.0 Å². The second-order valence-electron chi connectivity index (χ2n) is 6.05. The van der Waals surface area contributed by atoms with Crippen LogP contribution >= 0.6 is 0 Å². The molecule has 0 unspecified atom stereocenters. The number of piperidine rings is 1. The molecule has 0 spiro atoms. The number of aliphatic hydroxyl groups is 1. The second-order valence-corrected chi connectivity index (χ2v) is 6.05. The third-order valence-electron chi connectivity index (χ3n) is 4.52. The van der Waals surface area contributed by atoms with Crippen LogP contribution in [0.15, 0.2) is 60.7 Å². The van der Waals surface area contributed by atoms with Crippen LogP contribution in [0, 0.1) is 0 Å². The normalized spacial score (nSPS) is 23.9. The lowest BCUT2D eigenvalue weighted by molar-refractivity contribution is -0.152. The van der Waals surface area contributed by atoms with Crippen LogP contribution in [0.5, 0.6) is 0 Å². The Balaban J connectivity index is 1.82. The van der Waals surface area contributed by atoms with Gasteiger partial charge in [-0.15, -0.1) is 0 Å². The molecule has 1 saturated heterocycles. The summed E-state index contributed by atoms with van der Waals surface area (Å²) in [7, 11) is 0. The topological polar surface area (TPSA) is 70.0 Å². The van der Waals surface area contributed by atoms with Gasteiger partial charge in [-0.2, -0.15) is 0 Å². The van der Waals surface area contributed by atoms with E-state index in [0.717, 1.165) is 11.1 Å². The van der Waals surface area contributed by atoms with Crippen molar-refractivity contribution in [1.29, 1.82) is 0 Å². The molecule has 126 valence electrons. The first-order chi connectivity index (χ1) is 11.6. The summed E-state index contributed by atoms with van der Waals surface area (Å²) in [5, 5.41) is 20.5. The highest BCUT2D eigenvalue weighted by atomic mass is 16.5. The number of benzene rings is 2. The molecule has 0 saturated carbocycles. The number of ether oxygens (including phenoxy) is 1. The number of hydrogen-bond acceptors (Lipinski definition) is 3. The predicted octanol–water partition coefficient (Wildman–Crippen LogP) is 2.84. The van der Waals surface area contributed by atoms with Gasteiger partial charge in [0.15, 0.2) is 0 Å². The lowest BCUT2D eigenvalue weighted by Gasteiger charge is -2.43. The lowest BCUT2D eigenvalue weighted by Crippen LogP contribution is -2.55. The van der Waals surface area contributed by atoms with Crippen LogP contribution in [0.3, 0.4) is 0 Å². The van der Waals surface area contributed by atoms with Crippen molar-refractivity contribution in [2.24, 2.45) is 0 Å². The molecule has 5 nitrogen and oxygen atoms in total. The number of nitrogens with zero attached hydrogens (tertiary/aromatic N) is 1. The quantitative estimate of drug-likeness (QED) is 0.906. The van der Waals surface area contributed by atoms with Crippen molar-refractivity contribution in [3.8, 4) is 0 Å². The van der Waals surface area contributed by atoms with Crippen molar-refractivity contribution >= 4 is 6.09 Å². The van der Waals surface area contributed by atoms with Crippen LogP contribution < -0.4 is 0 Å². The zero-order valence-corrected chi connectivity index (χ0v) is 13.3. The molecule has 3 rings (SSSR count). The number of hydrogen-bond donors (Lipinski definition) is 2. The van der Waals surface area contributed by atoms with Gasteiger partial charge < -0.3 is 19.8 Å². The monoisotopic (exact) mass is 327 g/mol. The molecule has 5 heteroatoms. The Hall–Kier alpha value is -2.37. The highest BCUT2D eigenvalue weighted by Crippen LogP contribution is 2.35. The summed E-state index contributed by atoms with van der Waals surface area (Å²) < 4.78 is 5.96. The van der Waals surface area contributed by atoms with Crippen LogP contribution in [-0.2, 0) is 16.9 Å². The van der Waals surface area contributed by atoms with Crippen molar-refractivity contribution in [3.05, 3.63) is 71.8 Å². The largest absolute Gasteiger partial charge is 0.465 e. The summed E-state index contributed by atoms with van der Waals surface area (Å²) in [5.74, 6) is 0. The van der Waals surface area contributed by atoms with E-state index in [1.165, 1.54) is 4.90 Å². The van der Waals surface area contributed by atoms with Crippen molar-refractivity contribution < 1.29 is 19.7 Å². The van der Waals surface area contributed by atoms with Crippen molar-refractivity contribution in [2.75, 3.05) is 13.1 Å². The van der Waals surface area contributed by atoms with Gasteiger partial charge in [0.05, 0.1) is 13.2 Å². The first-order valence-electron chi connectivity index (χ1n) is 8.01. The number of carbonyl (C=O) groups is 1. The molecule has 0 aliphatic carbocycles. The van der Waals surface area contributed by atoms with Gasteiger partial charge in [0.2, 0.25) is 0 Å². The third kappa shape index (κ3) is 3.42. The smallest absolute Gasteiger partial charge is 0.407 e. The Morgan fingerprint density at radius 2 is 1.75 bits per heavy atom. The zero-order chi connectivity index (χ0) is 17.0. The first-order valence-corrected chi connectivity index (χ1v) is 8.01. The van der Waals surface area contributed by atoms with E-state index in [1.807, 2.05) is 60.7 Å². The number of carboxylic acid groups (broad SMARTS) is 1. The van der Waals surface area contributed by atoms with Gasteiger partial charge in [0.1, 0.15) is 11.7 Å². The summed E-state index contributed by atoms with van der Waals surface area (Å²) in [5.41, 5.74) is 0.551. The van der Waals surface area contributed by atoms with E-state index in [2.05, 4.69) is 0 Å². The fraction of sp³-hybridized carbons (Fsp3) is 0.316. The minimum absolute atomic E-state index is 0.146. The van der Waals surface area contributed by atoms with Crippen molar-refractivity contribution in [1.82, 2.24) is 4.90 Å². The number of amides is 1. The lowest BCUT2D eigenvalue weighted by atomic mass is 9.82. The Kier molecular flexibility index (Phi) is 4.83. The summed E-state index contributed by atoms with van der Waals surface area (Å²) in [6, 6.07) is 19.0. The molecule has 0 radical (unpaired) electrons. The van der Waals surface area contributed by atoms with Gasteiger partial charge in [-0.3, -0.25) is 0 Å². The molecule has 2 aromatic carbocycles. The molecule has 2 atom stereocenters. The Morgan fingerprint density at radius 1 is 1.12 bits per heavy atom. The fourth-order valence-electron chi connectivity index (χ4n) is 3.10. The molecule has 1 aliphatic rings. The van der Waals surface area contributed by atoms with Crippen molar-refractivity contribution in [3.63, 3.8) is 0 Å². The van der Waals surface area contributed by atoms with E-state index in [1.54, 1.807) is 0 Å². The van der Waals surface area contributed by atoms with Gasteiger partial charge in [-0.25, -0.2) is 4.79 Å². The Labute approximate surface area is 141 Å². The highest BCUT2D eigenvalue weighted by molar-refractivity contribution is 5.65. The van der Waals surface area contributed by atoms with Crippen LogP contribution in [-0.4, -0.2) is 40.4 Å². The molecular weight excluding hydrogens is 306 g/mol. The molecule has 1 aliphatic heterocycles. The summed E-state index contributed by atoms with van der Waals surface area (Å²) in [4.78, 5) is 12.6. The van der Waals surface area contributed by atoms with Gasteiger partial charge in [-0.05, 0) is 11.1 Å². The highest BCUT2D eigenvalue weighted by Gasteiger charge is 2.44. The van der Waals surface area contributed by atoms with Crippen LogP contribution in [0.25, 0.3) is 0 Å². The van der Waals surface area contributed by atoms with E-state index in [4.69, 9.17) is 4.74 Å². The number of rotatable bonds is 4. The van der Waals surface area contributed by atoms with E-state index in [-0.39, 0.29) is 13.1 Å². The maximum Gasteiger partial charge on any atom is 0.407 e. The van der Waals surface area contributed by atoms with Crippen LogP contribution in [0.4, 0.5) is 4.79 Å². The molecular formula is C19H21NO4. The van der Waals surface area contributed by atoms with E-state index in [0.29, 0.717) is 13.0 Å². The first kappa shape index (κ1) is 16.5. The molecule has 2 N–H and O–H groups in total. The molecule has 2 aromatic rings. The standard InChI is InChI=1S/C19H21NO4/c21-18(22)20-12-11-19(23,16-9-5-2-6-10-16)17(13-20)24-14-15-7-3-1-4-8-15/h1-10,17,23H,11-14H2,(H,21,22)/t17-,19-/m0/s1. The minimum Gasteiger partial charge on any atom is -0.465 e. The predicted molar refractivity (Wildman–Crippen MR) is 89.6 cm³/mol. The molecule has 0 bridgehead atoms. The van der Waals surface area contributed by atoms with Gasteiger partial charge in [-0.1, -0.05) is 60.7 Å². The van der Waals surface area contributed by atoms with Crippen LogP contribution in [0.1, 0.15) is 17.5 Å². The maximum absolute atomic E-state index is 11.3. The fourth-order valence-corrected chi connectivity index (χ4v) is 3.10. The molecule has 1 heterocycles. The minimum atomic E-state index is -1.19. The van der Waals surface area contributed by atoms with E-state index >= 15 is 0 Å². The van der Waals surface area contributed by atoms with Gasteiger partial charge in [0.25, 0.3) is 0 Å².